The Morgan fingerprint density at radius 3 is 3.00 bits per heavy atom. The molecule has 0 bridgehead atoms. The molecule has 0 aromatic heterocycles. The maximum Gasteiger partial charge on any atom is 0.0488 e. The quantitative estimate of drug-likeness (QED) is 0.474. The zero-order valence-corrected chi connectivity index (χ0v) is 6.15. The van der Waals surface area contributed by atoms with E-state index in [2.05, 4.69) is 18.7 Å². The number of fused-ring (bicyclic) bond motifs is 1. The number of allylic oxidation sites excluding steroid dienone is 1. The van der Waals surface area contributed by atoms with E-state index in [0.717, 1.165) is 6.04 Å². The summed E-state index contributed by atoms with van der Waals surface area (Å²) in [5.74, 6) is 0. The van der Waals surface area contributed by atoms with E-state index in [-0.39, 0.29) is 0 Å². The van der Waals surface area contributed by atoms with Gasteiger partial charge in [0.2, 0.25) is 0 Å². The van der Waals surface area contributed by atoms with Crippen LogP contribution in [0.3, 0.4) is 0 Å². The summed E-state index contributed by atoms with van der Waals surface area (Å²) < 4.78 is 0. The van der Waals surface area contributed by atoms with E-state index in [4.69, 9.17) is 0 Å². The largest absolute Gasteiger partial charge is 0.368 e. The van der Waals surface area contributed by atoms with Crippen LogP contribution < -0.4 is 0 Å². The molecule has 2 aliphatic rings. The summed E-state index contributed by atoms with van der Waals surface area (Å²) in [4.78, 5) is 2.52. The molecule has 0 aromatic rings. The lowest BCUT2D eigenvalue weighted by molar-refractivity contribution is 0.278. The third-order valence-electron chi connectivity index (χ3n) is 2.71. The second kappa shape index (κ2) is 1.53. The van der Waals surface area contributed by atoms with Crippen molar-refractivity contribution in [1.82, 2.24) is 4.90 Å². The molecule has 1 saturated heterocycles. The zero-order chi connectivity index (χ0) is 6.43. The maximum absolute atomic E-state index is 2.52. The summed E-state index contributed by atoms with van der Waals surface area (Å²) in [6.45, 7) is 5.87. The van der Waals surface area contributed by atoms with Gasteiger partial charge in [0, 0.05) is 18.3 Å². The Balaban J connectivity index is 2.29. The second-order valence-corrected chi connectivity index (χ2v) is 3.10. The van der Waals surface area contributed by atoms with E-state index in [9.17, 15) is 0 Å². The number of hydrogen-bond donors (Lipinski definition) is 0. The summed E-state index contributed by atoms with van der Waals surface area (Å²) in [6, 6.07) is 0.766. The van der Waals surface area contributed by atoms with Crippen molar-refractivity contribution in [2.75, 3.05) is 6.54 Å². The van der Waals surface area contributed by atoms with Crippen LogP contribution in [0.5, 0.6) is 0 Å². The lowest BCUT2D eigenvalue weighted by Crippen LogP contribution is -2.39. The summed E-state index contributed by atoms with van der Waals surface area (Å²) in [5.41, 5.74) is 3.27. The highest BCUT2D eigenvalue weighted by molar-refractivity contribution is 5.30. The van der Waals surface area contributed by atoms with Crippen LogP contribution in [0.2, 0.25) is 0 Å². The normalized spacial score (nSPS) is 32.7. The van der Waals surface area contributed by atoms with Crippen molar-refractivity contribution in [3.8, 4) is 0 Å². The molecular formula is C8H13N. The molecule has 1 heteroatoms. The van der Waals surface area contributed by atoms with Crippen LogP contribution in [0, 0.1) is 0 Å². The molecule has 0 saturated carbocycles. The van der Waals surface area contributed by atoms with Crippen molar-refractivity contribution in [3.63, 3.8) is 0 Å². The van der Waals surface area contributed by atoms with E-state index in [0.29, 0.717) is 0 Å². The molecule has 0 N–H and O–H groups in total. The van der Waals surface area contributed by atoms with Crippen LogP contribution in [-0.2, 0) is 0 Å². The summed E-state index contributed by atoms with van der Waals surface area (Å²) in [7, 11) is 0. The van der Waals surface area contributed by atoms with Crippen LogP contribution in [0.25, 0.3) is 0 Å². The topological polar surface area (TPSA) is 3.24 Å². The number of nitrogens with zero attached hydrogens (tertiary/aromatic N) is 1. The first-order valence-electron chi connectivity index (χ1n) is 3.77. The van der Waals surface area contributed by atoms with Gasteiger partial charge in [-0.2, -0.15) is 0 Å². The van der Waals surface area contributed by atoms with Crippen molar-refractivity contribution < 1.29 is 0 Å². The Hall–Kier alpha value is -0.460. The minimum atomic E-state index is 0.766. The minimum absolute atomic E-state index is 0.766. The van der Waals surface area contributed by atoms with Crippen LogP contribution >= 0.6 is 0 Å². The molecular weight excluding hydrogens is 110 g/mol. The lowest BCUT2D eigenvalue weighted by atomic mass is 9.98. The molecule has 0 spiro atoms. The minimum Gasteiger partial charge on any atom is -0.368 e. The predicted molar refractivity (Wildman–Crippen MR) is 38.1 cm³/mol. The Kier molecular flexibility index (Phi) is 0.904. The average molecular weight is 123 g/mol. The first-order chi connectivity index (χ1) is 4.30. The van der Waals surface area contributed by atoms with Crippen LogP contribution in [0.15, 0.2) is 11.3 Å². The van der Waals surface area contributed by atoms with Crippen LogP contribution in [0.4, 0.5) is 0 Å². The third kappa shape index (κ3) is 0.499. The molecule has 0 amide bonds. The van der Waals surface area contributed by atoms with Gasteiger partial charge in [-0.25, -0.2) is 0 Å². The van der Waals surface area contributed by atoms with Gasteiger partial charge in [-0.3, -0.25) is 0 Å². The SMILES string of the molecule is CC1=C2CCCN2C1C. The number of rotatable bonds is 0. The molecule has 2 heterocycles. The van der Waals surface area contributed by atoms with Gasteiger partial charge in [-0.15, -0.1) is 0 Å². The Bertz CT molecular complexity index is 169. The van der Waals surface area contributed by atoms with Crippen molar-refractivity contribution >= 4 is 0 Å². The molecule has 1 unspecified atom stereocenters. The van der Waals surface area contributed by atoms with Gasteiger partial charge in [-0.1, -0.05) is 0 Å². The molecule has 1 atom stereocenters. The third-order valence-corrected chi connectivity index (χ3v) is 2.71. The molecule has 50 valence electrons. The summed E-state index contributed by atoms with van der Waals surface area (Å²) >= 11 is 0. The van der Waals surface area contributed by atoms with Crippen molar-refractivity contribution in [3.05, 3.63) is 11.3 Å². The number of hydrogen-bond acceptors (Lipinski definition) is 1. The van der Waals surface area contributed by atoms with E-state index >= 15 is 0 Å². The predicted octanol–water partition coefficient (Wildman–Crippen LogP) is 1.76. The van der Waals surface area contributed by atoms with E-state index in [1.165, 1.54) is 19.4 Å². The monoisotopic (exact) mass is 123 g/mol. The molecule has 0 aromatic carbocycles. The van der Waals surface area contributed by atoms with Crippen LogP contribution in [0.1, 0.15) is 26.7 Å². The zero-order valence-electron chi connectivity index (χ0n) is 6.15. The van der Waals surface area contributed by atoms with Gasteiger partial charge < -0.3 is 4.90 Å². The molecule has 1 nitrogen and oxygen atoms in total. The smallest absolute Gasteiger partial charge is 0.0488 e. The van der Waals surface area contributed by atoms with Crippen LogP contribution in [-0.4, -0.2) is 17.5 Å². The first-order valence-corrected chi connectivity index (χ1v) is 3.77. The average Bonchev–Trinajstić information content (AvgIpc) is 2.30. The highest BCUT2D eigenvalue weighted by Crippen LogP contribution is 2.37. The highest BCUT2D eigenvalue weighted by Gasteiger charge is 2.33. The summed E-state index contributed by atoms with van der Waals surface area (Å²) in [6.07, 6.45) is 2.73. The van der Waals surface area contributed by atoms with Crippen molar-refractivity contribution in [1.29, 1.82) is 0 Å². The standard InChI is InChI=1S/C8H13N/c1-6-7(2)9-5-3-4-8(6)9/h7H,3-5H2,1-2H3. The van der Waals surface area contributed by atoms with E-state index < -0.39 is 0 Å². The van der Waals surface area contributed by atoms with Crippen molar-refractivity contribution in [2.24, 2.45) is 0 Å². The van der Waals surface area contributed by atoms with Gasteiger partial charge in [-0.05, 0) is 32.3 Å². The fourth-order valence-electron chi connectivity index (χ4n) is 1.96. The lowest BCUT2D eigenvalue weighted by Gasteiger charge is -2.39. The van der Waals surface area contributed by atoms with E-state index in [1.54, 1.807) is 11.3 Å². The molecule has 0 radical (unpaired) electrons. The van der Waals surface area contributed by atoms with Gasteiger partial charge in [0.15, 0.2) is 0 Å². The van der Waals surface area contributed by atoms with Gasteiger partial charge >= 0.3 is 0 Å². The maximum atomic E-state index is 2.52. The molecule has 1 fully saturated rings. The molecule has 2 rings (SSSR count). The molecule has 9 heavy (non-hydrogen) atoms. The Labute approximate surface area is 56.4 Å². The van der Waals surface area contributed by atoms with Gasteiger partial charge in [0.05, 0.1) is 0 Å². The fraction of sp³-hybridized carbons (Fsp3) is 0.750. The van der Waals surface area contributed by atoms with Crippen molar-refractivity contribution in [2.45, 2.75) is 32.7 Å². The van der Waals surface area contributed by atoms with Gasteiger partial charge in [0.25, 0.3) is 0 Å². The fourth-order valence-corrected chi connectivity index (χ4v) is 1.96. The molecule has 0 aliphatic carbocycles. The first kappa shape index (κ1) is 5.33. The summed E-state index contributed by atoms with van der Waals surface area (Å²) in [5, 5.41) is 0. The Morgan fingerprint density at radius 2 is 2.33 bits per heavy atom. The second-order valence-electron chi connectivity index (χ2n) is 3.10. The molecule has 2 aliphatic heterocycles. The Morgan fingerprint density at radius 1 is 1.56 bits per heavy atom. The van der Waals surface area contributed by atoms with Gasteiger partial charge in [0.1, 0.15) is 0 Å². The van der Waals surface area contributed by atoms with E-state index in [1.807, 2.05) is 0 Å². The highest BCUT2D eigenvalue weighted by atomic mass is 15.2.